The number of benzene rings is 1. The van der Waals surface area contributed by atoms with Crippen molar-refractivity contribution in [2.45, 2.75) is 0 Å². The number of carbonyl (C=O) groups is 4. The largest absolute Gasteiger partial charge is 0.478 e. The van der Waals surface area contributed by atoms with E-state index >= 15 is 0 Å². The minimum atomic E-state index is -2.02. The van der Waals surface area contributed by atoms with E-state index in [2.05, 4.69) is 0 Å². The quantitative estimate of drug-likeness (QED) is 0.622. The first-order chi connectivity index (χ1) is 8.68. The summed E-state index contributed by atoms with van der Waals surface area (Å²) in [7, 11) is 0. The average Bonchev–Trinajstić information content (AvgIpc) is 2.25. The zero-order chi connectivity index (χ0) is 14.9. The van der Waals surface area contributed by atoms with E-state index in [1.165, 1.54) is 0 Å². The summed E-state index contributed by atoms with van der Waals surface area (Å²) in [5.74, 6) is -9.74. The molecular formula is C10H5FO8. The molecule has 0 fully saturated rings. The molecular weight excluding hydrogens is 267 g/mol. The number of hydrogen-bond donors (Lipinski definition) is 4. The second kappa shape index (κ2) is 4.72. The number of aromatic carboxylic acids is 4. The van der Waals surface area contributed by atoms with E-state index in [-0.39, 0.29) is 0 Å². The van der Waals surface area contributed by atoms with Crippen LogP contribution in [0, 0.1) is 5.82 Å². The van der Waals surface area contributed by atoms with Crippen molar-refractivity contribution in [2.75, 3.05) is 0 Å². The number of hydrogen-bond acceptors (Lipinski definition) is 4. The third-order valence-electron chi connectivity index (χ3n) is 2.15. The Morgan fingerprint density at radius 3 is 1.26 bits per heavy atom. The highest BCUT2D eigenvalue weighted by molar-refractivity contribution is 6.09. The summed E-state index contributed by atoms with van der Waals surface area (Å²) in [5, 5.41) is 34.8. The second-order valence-electron chi connectivity index (χ2n) is 3.26. The van der Waals surface area contributed by atoms with Crippen LogP contribution < -0.4 is 0 Å². The molecule has 0 aromatic heterocycles. The molecule has 4 N–H and O–H groups in total. The van der Waals surface area contributed by atoms with Gasteiger partial charge in [0, 0.05) is 0 Å². The van der Waals surface area contributed by atoms with Crippen molar-refractivity contribution < 1.29 is 44.0 Å². The van der Waals surface area contributed by atoms with Gasteiger partial charge in [0.15, 0.2) is 5.82 Å². The molecule has 0 atom stereocenters. The highest BCUT2D eigenvalue weighted by Crippen LogP contribution is 2.23. The molecule has 0 bridgehead atoms. The van der Waals surface area contributed by atoms with E-state index < -0.39 is 51.9 Å². The van der Waals surface area contributed by atoms with Crippen LogP contribution in [-0.4, -0.2) is 44.3 Å². The van der Waals surface area contributed by atoms with E-state index in [1.807, 2.05) is 0 Å². The fourth-order valence-electron chi connectivity index (χ4n) is 1.41. The predicted octanol–water partition coefficient (Wildman–Crippen LogP) is 0.619. The highest BCUT2D eigenvalue weighted by atomic mass is 19.1. The van der Waals surface area contributed by atoms with Crippen molar-refractivity contribution in [3.8, 4) is 0 Å². The van der Waals surface area contributed by atoms with Crippen molar-refractivity contribution in [2.24, 2.45) is 0 Å². The Kier molecular flexibility index (Phi) is 3.50. The number of carboxylic acids is 4. The van der Waals surface area contributed by atoms with Crippen molar-refractivity contribution >= 4 is 23.9 Å². The van der Waals surface area contributed by atoms with Crippen LogP contribution in [0.1, 0.15) is 41.4 Å². The summed E-state index contributed by atoms with van der Waals surface area (Å²) in [6.07, 6.45) is 0. The normalized spacial score (nSPS) is 9.95. The van der Waals surface area contributed by atoms with Crippen molar-refractivity contribution in [3.63, 3.8) is 0 Å². The molecule has 9 heteroatoms. The maximum Gasteiger partial charge on any atom is 0.339 e. The summed E-state index contributed by atoms with van der Waals surface area (Å²) in [6, 6.07) is 0.292. The monoisotopic (exact) mass is 272 g/mol. The van der Waals surface area contributed by atoms with Gasteiger partial charge in [-0.25, -0.2) is 23.6 Å². The third-order valence-corrected chi connectivity index (χ3v) is 2.15. The fourth-order valence-corrected chi connectivity index (χ4v) is 1.41. The van der Waals surface area contributed by atoms with Gasteiger partial charge < -0.3 is 20.4 Å². The van der Waals surface area contributed by atoms with Crippen LogP contribution >= 0.6 is 0 Å². The third kappa shape index (κ3) is 2.34. The minimum Gasteiger partial charge on any atom is -0.478 e. The number of carboxylic acid groups (broad SMARTS) is 4. The second-order valence-corrected chi connectivity index (χ2v) is 3.26. The Balaban J connectivity index is 3.91. The van der Waals surface area contributed by atoms with Gasteiger partial charge in [-0.05, 0) is 6.07 Å². The van der Waals surface area contributed by atoms with Crippen LogP contribution in [0.15, 0.2) is 6.07 Å². The van der Waals surface area contributed by atoms with E-state index in [0.29, 0.717) is 6.07 Å². The molecule has 0 saturated heterocycles. The van der Waals surface area contributed by atoms with E-state index in [1.54, 1.807) is 0 Å². The molecule has 0 spiro atoms. The van der Waals surface area contributed by atoms with E-state index in [9.17, 15) is 23.6 Å². The molecule has 0 amide bonds. The van der Waals surface area contributed by atoms with Gasteiger partial charge in [-0.3, -0.25) is 0 Å². The fraction of sp³-hybridized carbons (Fsp3) is 0. The van der Waals surface area contributed by atoms with Gasteiger partial charge >= 0.3 is 23.9 Å². The summed E-state index contributed by atoms with van der Waals surface area (Å²) < 4.78 is 13.7. The lowest BCUT2D eigenvalue weighted by Gasteiger charge is -2.09. The Labute approximate surface area is 103 Å². The van der Waals surface area contributed by atoms with Gasteiger partial charge in [0.1, 0.15) is 11.1 Å². The Morgan fingerprint density at radius 1 is 0.737 bits per heavy atom. The highest BCUT2D eigenvalue weighted by Gasteiger charge is 2.31. The minimum absolute atomic E-state index is 0.292. The molecule has 1 rings (SSSR count). The van der Waals surface area contributed by atoms with Gasteiger partial charge in [0.25, 0.3) is 0 Å². The molecule has 0 saturated carbocycles. The molecule has 0 aliphatic rings. The predicted molar refractivity (Wildman–Crippen MR) is 54.2 cm³/mol. The van der Waals surface area contributed by atoms with Crippen molar-refractivity contribution in [3.05, 3.63) is 34.1 Å². The van der Waals surface area contributed by atoms with Crippen LogP contribution in [-0.2, 0) is 0 Å². The topological polar surface area (TPSA) is 149 Å². The number of halogens is 1. The van der Waals surface area contributed by atoms with Gasteiger partial charge in [-0.2, -0.15) is 0 Å². The summed E-state index contributed by atoms with van der Waals surface area (Å²) >= 11 is 0. The SMILES string of the molecule is O=C(O)c1cc(C(=O)O)c(C(=O)O)c(F)c1C(=O)O. The Hall–Kier alpha value is -2.97. The molecule has 0 heterocycles. The lowest BCUT2D eigenvalue weighted by molar-refractivity contribution is 0.0628. The molecule has 1 aromatic rings. The smallest absolute Gasteiger partial charge is 0.339 e. The molecule has 1 aromatic carbocycles. The molecule has 0 unspecified atom stereocenters. The summed E-state index contributed by atoms with van der Waals surface area (Å²) in [5.41, 5.74) is -5.11. The van der Waals surface area contributed by atoms with Gasteiger partial charge in [-0.1, -0.05) is 0 Å². The van der Waals surface area contributed by atoms with Crippen molar-refractivity contribution in [1.29, 1.82) is 0 Å². The summed E-state index contributed by atoms with van der Waals surface area (Å²) in [4.78, 5) is 43.0. The molecule has 8 nitrogen and oxygen atoms in total. The van der Waals surface area contributed by atoms with E-state index in [4.69, 9.17) is 20.4 Å². The zero-order valence-electron chi connectivity index (χ0n) is 8.88. The standard InChI is InChI=1S/C10H5FO8/c11-6-4(9(16)17)2(7(12)13)1-3(8(14)15)5(6)10(18)19/h1H,(H,12,13)(H,14,15)(H,16,17)(H,18,19). The summed E-state index contributed by atoms with van der Waals surface area (Å²) in [6.45, 7) is 0. The van der Waals surface area contributed by atoms with Crippen LogP contribution in [0.4, 0.5) is 4.39 Å². The molecule has 0 radical (unpaired) electrons. The average molecular weight is 272 g/mol. The number of rotatable bonds is 4. The van der Waals surface area contributed by atoms with Crippen molar-refractivity contribution in [1.82, 2.24) is 0 Å². The van der Waals surface area contributed by atoms with Gasteiger partial charge in [-0.15, -0.1) is 0 Å². The van der Waals surface area contributed by atoms with Crippen LogP contribution in [0.5, 0.6) is 0 Å². The van der Waals surface area contributed by atoms with Crippen LogP contribution in [0.2, 0.25) is 0 Å². The zero-order valence-corrected chi connectivity index (χ0v) is 8.88. The van der Waals surface area contributed by atoms with Gasteiger partial charge in [0.05, 0.1) is 11.1 Å². The first kappa shape index (κ1) is 14.1. The maximum atomic E-state index is 13.7. The first-order valence-electron chi connectivity index (χ1n) is 4.48. The molecule has 19 heavy (non-hydrogen) atoms. The van der Waals surface area contributed by atoms with Crippen LogP contribution in [0.3, 0.4) is 0 Å². The van der Waals surface area contributed by atoms with E-state index in [0.717, 1.165) is 0 Å². The molecule has 100 valence electrons. The first-order valence-corrected chi connectivity index (χ1v) is 4.48. The van der Waals surface area contributed by atoms with Crippen LogP contribution in [0.25, 0.3) is 0 Å². The molecule has 0 aliphatic carbocycles. The Morgan fingerprint density at radius 2 is 1.05 bits per heavy atom. The maximum absolute atomic E-state index is 13.7. The molecule has 0 aliphatic heterocycles. The van der Waals surface area contributed by atoms with Gasteiger partial charge in [0.2, 0.25) is 0 Å². The lowest BCUT2D eigenvalue weighted by Crippen LogP contribution is -2.19. The lowest BCUT2D eigenvalue weighted by atomic mass is 9.97. The Bertz CT molecular complexity index is 568.